The van der Waals surface area contributed by atoms with E-state index in [1.807, 2.05) is 30.3 Å². The lowest BCUT2D eigenvalue weighted by molar-refractivity contribution is -0.119. The first-order valence-electron chi connectivity index (χ1n) is 14.0. The Hall–Kier alpha value is -3.83. The van der Waals surface area contributed by atoms with E-state index in [1.165, 1.54) is 23.3 Å². The third-order valence-corrected chi connectivity index (χ3v) is 8.47. The lowest BCUT2D eigenvalue weighted by Crippen LogP contribution is -2.35. The quantitative estimate of drug-likeness (QED) is 0.163. The number of carbonyl (C=O) groups excluding carboxylic acids is 1. The molecule has 1 aromatic heterocycles. The Morgan fingerprint density at radius 2 is 1.86 bits per heavy atom. The number of rotatable bonds is 11. The zero-order valence-corrected chi connectivity index (χ0v) is 25.6. The van der Waals surface area contributed by atoms with Gasteiger partial charge in [-0.05, 0) is 48.0 Å². The second kappa shape index (κ2) is 14.6. The molecule has 3 N–H and O–H groups in total. The Balaban J connectivity index is 1.17. The van der Waals surface area contributed by atoms with Crippen LogP contribution in [0.4, 0.5) is 10.1 Å². The molecule has 0 fully saturated rings. The second-order valence-corrected chi connectivity index (χ2v) is 11.9. The number of pyridine rings is 1. The molecule has 0 saturated heterocycles. The number of aromatic nitrogens is 1. The van der Waals surface area contributed by atoms with Crippen molar-refractivity contribution in [2.75, 3.05) is 19.0 Å². The SMILES string of the molecule is COCC(C)NCc1ccc(C2Cc3nccc(Oc4ccc(NC(=S)NC(=O)Cc5ccccc5)cc4F)c3S2)cc1. The summed E-state index contributed by atoms with van der Waals surface area (Å²) in [6.07, 6.45) is 2.65. The van der Waals surface area contributed by atoms with Gasteiger partial charge in [-0.1, -0.05) is 54.6 Å². The highest BCUT2D eigenvalue weighted by Crippen LogP contribution is 2.50. The zero-order valence-electron chi connectivity index (χ0n) is 23.9. The highest BCUT2D eigenvalue weighted by Gasteiger charge is 2.28. The van der Waals surface area contributed by atoms with Crippen LogP contribution in [0, 0.1) is 5.82 Å². The van der Waals surface area contributed by atoms with Gasteiger partial charge in [-0.25, -0.2) is 4.39 Å². The summed E-state index contributed by atoms with van der Waals surface area (Å²) in [4.78, 5) is 17.8. The number of benzene rings is 3. The Labute approximate surface area is 260 Å². The van der Waals surface area contributed by atoms with Crippen LogP contribution in [-0.4, -0.2) is 35.8 Å². The molecule has 43 heavy (non-hydrogen) atoms. The van der Waals surface area contributed by atoms with Gasteiger partial charge in [0.15, 0.2) is 16.7 Å². The summed E-state index contributed by atoms with van der Waals surface area (Å²) in [6.45, 7) is 3.54. The van der Waals surface area contributed by atoms with Gasteiger partial charge in [0.1, 0.15) is 5.75 Å². The molecule has 0 aliphatic carbocycles. The van der Waals surface area contributed by atoms with Crippen LogP contribution in [-0.2, 0) is 28.9 Å². The first-order valence-corrected chi connectivity index (χ1v) is 15.2. The normalized spacial score (nSPS) is 14.5. The number of carbonyl (C=O) groups is 1. The van der Waals surface area contributed by atoms with Crippen LogP contribution >= 0.6 is 24.0 Å². The highest BCUT2D eigenvalue weighted by molar-refractivity contribution is 8.00. The number of halogens is 1. The summed E-state index contributed by atoms with van der Waals surface area (Å²) in [5.41, 5.74) is 4.61. The van der Waals surface area contributed by atoms with Gasteiger partial charge in [-0.15, -0.1) is 11.8 Å². The zero-order chi connectivity index (χ0) is 30.2. The average Bonchev–Trinajstić information content (AvgIpc) is 3.44. The predicted octanol–water partition coefficient (Wildman–Crippen LogP) is 6.58. The predicted molar refractivity (Wildman–Crippen MR) is 172 cm³/mol. The number of hydrogen-bond donors (Lipinski definition) is 3. The maximum absolute atomic E-state index is 15.1. The van der Waals surface area contributed by atoms with E-state index in [1.54, 1.807) is 37.2 Å². The minimum Gasteiger partial charge on any atom is -0.453 e. The minimum atomic E-state index is -0.558. The van der Waals surface area contributed by atoms with Crippen molar-refractivity contribution in [1.29, 1.82) is 0 Å². The van der Waals surface area contributed by atoms with Crippen molar-refractivity contribution < 1.29 is 18.7 Å². The van der Waals surface area contributed by atoms with Crippen molar-refractivity contribution >= 4 is 40.7 Å². The van der Waals surface area contributed by atoms with Crippen molar-refractivity contribution in [3.63, 3.8) is 0 Å². The molecule has 10 heteroatoms. The van der Waals surface area contributed by atoms with Crippen LogP contribution in [0.25, 0.3) is 0 Å². The molecule has 0 radical (unpaired) electrons. The molecule has 2 heterocycles. The van der Waals surface area contributed by atoms with Crippen molar-refractivity contribution in [3.8, 4) is 11.5 Å². The van der Waals surface area contributed by atoms with E-state index >= 15 is 4.39 Å². The lowest BCUT2D eigenvalue weighted by Gasteiger charge is -2.14. The molecule has 1 aliphatic heterocycles. The summed E-state index contributed by atoms with van der Waals surface area (Å²) in [5, 5.41) is 9.22. The number of hydrogen-bond acceptors (Lipinski definition) is 7. The van der Waals surface area contributed by atoms with E-state index in [9.17, 15) is 4.79 Å². The number of thiocarbonyl (C=S) groups is 1. The smallest absolute Gasteiger partial charge is 0.230 e. The molecule has 3 aromatic carbocycles. The summed E-state index contributed by atoms with van der Waals surface area (Å²) < 4.78 is 26.3. The van der Waals surface area contributed by atoms with Gasteiger partial charge in [0.25, 0.3) is 0 Å². The fourth-order valence-electron chi connectivity index (χ4n) is 4.71. The van der Waals surface area contributed by atoms with Gasteiger partial charge >= 0.3 is 0 Å². The third kappa shape index (κ3) is 8.39. The first kappa shape index (κ1) is 30.6. The molecule has 7 nitrogen and oxygen atoms in total. The summed E-state index contributed by atoms with van der Waals surface area (Å²) in [7, 11) is 1.70. The van der Waals surface area contributed by atoms with E-state index in [0.717, 1.165) is 29.1 Å². The van der Waals surface area contributed by atoms with Gasteiger partial charge < -0.3 is 25.4 Å². The maximum Gasteiger partial charge on any atom is 0.230 e. The van der Waals surface area contributed by atoms with Crippen molar-refractivity contribution in [2.24, 2.45) is 0 Å². The largest absolute Gasteiger partial charge is 0.453 e. The molecule has 1 amide bonds. The highest BCUT2D eigenvalue weighted by atomic mass is 32.2. The van der Waals surface area contributed by atoms with Crippen LogP contribution < -0.4 is 20.7 Å². The number of nitrogens with one attached hydrogen (secondary N) is 3. The van der Waals surface area contributed by atoms with E-state index in [-0.39, 0.29) is 34.5 Å². The third-order valence-electron chi connectivity index (χ3n) is 6.87. The van der Waals surface area contributed by atoms with Crippen molar-refractivity contribution in [1.82, 2.24) is 15.6 Å². The molecule has 5 rings (SSSR count). The van der Waals surface area contributed by atoms with Crippen LogP contribution in [0.5, 0.6) is 11.5 Å². The summed E-state index contributed by atoms with van der Waals surface area (Å²) in [6, 6.07) is 24.5. The maximum atomic E-state index is 15.1. The molecular formula is C33H33FN4O3S2. The van der Waals surface area contributed by atoms with Gasteiger partial charge in [-0.3, -0.25) is 9.78 Å². The first-order chi connectivity index (χ1) is 20.9. The summed E-state index contributed by atoms with van der Waals surface area (Å²) in [5.74, 6) is -0.167. The lowest BCUT2D eigenvalue weighted by atomic mass is 10.1. The van der Waals surface area contributed by atoms with Gasteiger partial charge in [0.2, 0.25) is 5.91 Å². The molecule has 222 valence electrons. The van der Waals surface area contributed by atoms with Gasteiger partial charge in [0, 0.05) is 55.4 Å². The number of thioether (sulfide) groups is 1. The second-order valence-electron chi connectivity index (χ2n) is 10.3. The Kier molecular flexibility index (Phi) is 10.4. The molecular weight excluding hydrogens is 584 g/mol. The average molecular weight is 617 g/mol. The van der Waals surface area contributed by atoms with Crippen LogP contribution in [0.2, 0.25) is 0 Å². The monoisotopic (exact) mass is 616 g/mol. The molecule has 0 spiro atoms. The number of ether oxygens (including phenoxy) is 2. The van der Waals surface area contributed by atoms with Crippen LogP contribution in [0.1, 0.15) is 34.6 Å². The standard InChI is InChI=1S/C33H33FN4O3S2/c1-21(20-40-2)36-19-23-8-10-24(11-9-23)30-18-27-32(43-30)29(14-15-35-27)41-28-13-12-25(17-26(28)34)37-33(42)38-31(39)16-22-6-4-3-5-7-22/h3-15,17,21,30,36H,16,18-20H2,1-2H3,(H2,37,38,39,42). The molecule has 2 atom stereocenters. The van der Waals surface area contributed by atoms with Gasteiger partial charge in [0.05, 0.1) is 23.6 Å². The number of anilines is 1. The Bertz CT molecular complexity index is 1570. The van der Waals surface area contributed by atoms with E-state index in [2.05, 4.69) is 52.1 Å². The Morgan fingerprint density at radius 1 is 1.07 bits per heavy atom. The number of nitrogens with zero attached hydrogens (tertiary/aromatic N) is 1. The minimum absolute atomic E-state index is 0.0848. The summed E-state index contributed by atoms with van der Waals surface area (Å²) >= 11 is 6.92. The fraction of sp³-hybridized carbons (Fsp3) is 0.242. The number of fused-ring (bicyclic) bond motifs is 1. The molecule has 2 unspecified atom stereocenters. The number of methoxy groups -OCH3 is 1. The number of amides is 1. The topological polar surface area (TPSA) is 84.5 Å². The van der Waals surface area contributed by atoms with E-state index < -0.39 is 5.82 Å². The molecule has 0 saturated carbocycles. The van der Waals surface area contributed by atoms with Crippen molar-refractivity contribution in [2.45, 2.75) is 42.5 Å². The Morgan fingerprint density at radius 3 is 2.60 bits per heavy atom. The van der Waals surface area contributed by atoms with Gasteiger partial charge in [-0.2, -0.15) is 0 Å². The fourth-order valence-corrected chi connectivity index (χ4v) is 6.26. The molecule has 0 bridgehead atoms. The van der Waals surface area contributed by atoms with Crippen LogP contribution in [0.3, 0.4) is 0 Å². The van der Waals surface area contributed by atoms with Crippen molar-refractivity contribution in [3.05, 3.63) is 113 Å². The molecule has 1 aliphatic rings. The van der Waals surface area contributed by atoms with E-state index in [0.29, 0.717) is 18.0 Å². The van der Waals surface area contributed by atoms with Crippen LogP contribution in [0.15, 0.2) is 90.0 Å². The van der Waals surface area contributed by atoms with E-state index in [4.69, 9.17) is 21.7 Å². The molecule has 4 aromatic rings.